The molecule has 0 aromatic heterocycles. The number of para-hydroxylation sites is 1. The van der Waals surface area contributed by atoms with Crippen LogP contribution in [0.15, 0.2) is 72.8 Å². The molecule has 32 heavy (non-hydrogen) atoms. The minimum atomic E-state index is 1.08. The Morgan fingerprint density at radius 1 is 0.500 bits per heavy atom. The number of nitrogens with zero attached hydrogens (tertiary/aromatic N) is 1. The van der Waals surface area contributed by atoms with Gasteiger partial charge in [0, 0.05) is 23.3 Å². The van der Waals surface area contributed by atoms with E-state index in [0.717, 1.165) is 6.54 Å². The van der Waals surface area contributed by atoms with Crippen LogP contribution in [0.4, 0.5) is 11.4 Å². The van der Waals surface area contributed by atoms with E-state index in [9.17, 15) is 0 Å². The molecule has 1 heteroatoms. The number of hydrogen-bond acceptors (Lipinski definition) is 1. The highest BCUT2D eigenvalue weighted by Crippen LogP contribution is 2.32. The molecule has 0 heterocycles. The van der Waals surface area contributed by atoms with Gasteiger partial charge in [0.05, 0.1) is 0 Å². The molecule has 0 radical (unpaired) electrons. The number of unbranched alkanes of at least 4 members (excludes halogenated alkanes) is 12. The molecule has 0 aliphatic carbocycles. The first-order chi connectivity index (χ1) is 15.9. The predicted molar refractivity (Wildman–Crippen MR) is 143 cm³/mol. The van der Waals surface area contributed by atoms with E-state index in [4.69, 9.17) is 0 Å². The third-order valence-electron chi connectivity index (χ3n) is 6.61. The smallest absolute Gasteiger partial charge is 0.0490 e. The van der Waals surface area contributed by atoms with Crippen molar-refractivity contribution < 1.29 is 0 Å². The largest absolute Gasteiger partial charge is 0.341 e. The van der Waals surface area contributed by atoms with Gasteiger partial charge in [0.1, 0.15) is 0 Å². The lowest BCUT2D eigenvalue weighted by Gasteiger charge is -2.26. The molecule has 0 N–H and O–H groups in total. The number of hydrogen-bond donors (Lipinski definition) is 0. The van der Waals surface area contributed by atoms with Crippen LogP contribution in [0.5, 0.6) is 0 Å². The standard InChI is InChI=1S/C31H43N/c1-2-3-4-5-6-7-8-9-10-11-12-13-19-27-32(29-23-15-14-16-24-29)31-26-20-22-28-21-17-18-25-30(28)31/h14-18,20-26H,2-13,19,27H2,1H3. The van der Waals surface area contributed by atoms with Gasteiger partial charge in [-0.3, -0.25) is 0 Å². The number of fused-ring (bicyclic) bond motifs is 1. The van der Waals surface area contributed by atoms with Crippen LogP contribution in [-0.2, 0) is 0 Å². The van der Waals surface area contributed by atoms with E-state index >= 15 is 0 Å². The van der Waals surface area contributed by atoms with Crippen molar-refractivity contribution in [3.8, 4) is 0 Å². The van der Waals surface area contributed by atoms with Crippen molar-refractivity contribution in [1.29, 1.82) is 0 Å². The Labute approximate surface area is 196 Å². The molecule has 3 aromatic rings. The quantitative estimate of drug-likeness (QED) is 0.205. The molecule has 0 saturated carbocycles. The third kappa shape index (κ3) is 8.01. The van der Waals surface area contributed by atoms with Crippen LogP contribution in [-0.4, -0.2) is 6.54 Å². The van der Waals surface area contributed by atoms with E-state index in [0.29, 0.717) is 0 Å². The number of rotatable bonds is 16. The second-order valence-corrected chi connectivity index (χ2v) is 9.23. The molecule has 1 nitrogen and oxygen atoms in total. The maximum Gasteiger partial charge on any atom is 0.0490 e. The molecule has 3 rings (SSSR count). The zero-order chi connectivity index (χ0) is 22.3. The van der Waals surface area contributed by atoms with Crippen molar-refractivity contribution in [3.63, 3.8) is 0 Å². The molecular formula is C31H43N. The average Bonchev–Trinajstić information content (AvgIpc) is 2.85. The Kier molecular flexibility index (Phi) is 11.2. The summed E-state index contributed by atoms with van der Waals surface area (Å²) in [4.78, 5) is 2.51. The highest BCUT2D eigenvalue weighted by molar-refractivity contribution is 5.96. The first-order valence-electron chi connectivity index (χ1n) is 13.2. The number of benzene rings is 3. The lowest BCUT2D eigenvalue weighted by atomic mass is 10.0. The van der Waals surface area contributed by atoms with Gasteiger partial charge in [-0.15, -0.1) is 0 Å². The van der Waals surface area contributed by atoms with Gasteiger partial charge in [0.15, 0.2) is 0 Å². The summed E-state index contributed by atoms with van der Waals surface area (Å²) >= 11 is 0. The topological polar surface area (TPSA) is 3.24 Å². The predicted octanol–water partition coefficient (Wildman–Crippen LogP) is 10.1. The first kappa shape index (κ1) is 24.4. The molecule has 172 valence electrons. The number of anilines is 2. The van der Waals surface area contributed by atoms with E-state index in [-0.39, 0.29) is 0 Å². The summed E-state index contributed by atoms with van der Waals surface area (Å²) in [5.41, 5.74) is 2.62. The zero-order valence-corrected chi connectivity index (χ0v) is 20.3. The van der Waals surface area contributed by atoms with Crippen molar-refractivity contribution in [2.24, 2.45) is 0 Å². The van der Waals surface area contributed by atoms with Crippen LogP contribution in [0.1, 0.15) is 90.4 Å². The molecule has 0 aliphatic rings. The van der Waals surface area contributed by atoms with E-state index in [2.05, 4.69) is 84.6 Å². The van der Waals surface area contributed by atoms with Crippen molar-refractivity contribution in [2.75, 3.05) is 11.4 Å². The fraction of sp³-hybridized carbons (Fsp3) is 0.484. The molecule has 3 aromatic carbocycles. The van der Waals surface area contributed by atoms with Crippen LogP contribution >= 0.6 is 0 Å². The van der Waals surface area contributed by atoms with Gasteiger partial charge in [0.2, 0.25) is 0 Å². The van der Waals surface area contributed by atoms with Gasteiger partial charge >= 0.3 is 0 Å². The highest BCUT2D eigenvalue weighted by atomic mass is 15.1. The average molecular weight is 430 g/mol. The summed E-state index contributed by atoms with van der Waals surface area (Å²) in [6.07, 6.45) is 18.2. The Morgan fingerprint density at radius 3 is 1.69 bits per heavy atom. The van der Waals surface area contributed by atoms with E-state index in [1.165, 1.54) is 106 Å². The molecule has 0 fully saturated rings. The third-order valence-corrected chi connectivity index (χ3v) is 6.61. The molecule has 0 amide bonds. The second-order valence-electron chi connectivity index (χ2n) is 9.23. The van der Waals surface area contributed by atoms with Crippen molar-refractivity contribution >= 4 is 22.1 Å². The van der Waals surface area contributed by atoms with Crippen LogP contribution in [0.3, 0.4) is 0 Å². The van der Waals surface area contributed by atoms with Gasteiger partial charge in [-0.1, -0.05) is 139 Å². The highest BCUT2D eigenvalue weighted by Gasteiger charge is 2.11. The summed E-state index contributed by atoms with van der Waals surface area (Å²) < 4.78 is 0. The summed E-state index contributed by atoms with van der Waals surface area (Å²) in [5, 5.41) is 2.66. The van der Waals surface area contributed by atoms with Crippen molar-refractivity contribution in [1.82, 2.24) is 0 Å². The Balaban J connectivity index is 1.41. The van der Waals surface area contributed by atoms with Gasteiger partial charge in [-0.05, 0) is 30.0 Å². The van der Waals surface area contributed by atoms with E-state index in [1.54, 1.807) is 0 Å². The van der Waals surface area contributed by atoms with Crippen molar-refractivity contribution in [2.45, 2.75) is 90.4 Å². The molecular weight excluding hydrogens is 386 g/mol. The van der Waals surface area contributed by atoms with Gasteiger partial charge in [-0.25, -0.2) is 0 Å². The fourth-order valence-corrected chi connectivity index (χ4v) is 4.73. The van der Waals surface area contributed by atoms with Gasteiger partial charge in [0.25, 0.3) is 0 Å². The summed E-state index contributed by atoms with van der Waals surface area (Å²) in [5.74, 6) is 0. The summed E-state index contributed by atoms with van der Waals surface area (Å²) in [7, 11) is 0. The second kappa shape index (κ2) is 14.7. The molecule has 0 saturated heterocycles. The van der Waals surface area contributed by atoms with E-state index in [1.807, 2.05) is 0 Å². The zero-order valence-electron chi connectivity index (χ0n) is 20.3. The monoisotopic (exact) mass is 429 g/mol. The minimum Gasteiger partial charge on any atom is -0.341 e. The fourth-order valence-electron chi connectivity index (χ4n) is 4.73. The Morgan fingerprint density at radius 2 is 1.03 bits per heavy atom. The van der Waals surface area contributed by atoms with E-state index < -0.39 is 0 Å². The molecule has 0 bridgehead atoms. The maximum absolute atomic E-state index is 2.51. The van der Waals surface area contributed by atoms with Gasteiger partial charge < -0.3 is 4.90 Å². The lowest BCUT2D eigenvalue weighted by molar-refractivity contribution is 0.540. The molecule has 0 unspecified atom stereocenters. The van der Waals surface area contributed by atoms with Crippen LogP contribution in [0.2, 0.25) is 0 Å². The Hall–Kier alpha value is -2.28. The normalized spacial score (nSPS) is 11.2. The lowest BCUT2D eigenvalue weighted by Crippen LogP contribution is -2.18. The maximum atomic E-state index is 2.51. The molecule has 0 spiro atoms. The van der Waals surface area contributed by atoms with Gasteiger partial charge in [-0.2, -0.15) is 0 Å². The molecule has 0 aliphatic heterocycles. The van der Waals surface area contributed by atoms with Crippen LogP contribution in [0, 0.1) is 0 Å². The first-order valence-corrected chi connectivity index (χ1v) is 13.2. The molecule has 0 atom stereocenters. The summed E-state index contributed by atoms with van der Waals surface area (Å²) in [6, 6.07) is 26.3. The Bertz CT molecular complexity index is 865. The van der Waals surface area contributed by atoms with Crippen LogP contribution < -0.4 is 4.90 Å². The summed E-state index contributed by atoms with van der Waals surface area (Å²) in [6.45, 7) is 3.37. The SMILES string of the molecule is CCCCCCCCCCCCCCCN(c1ccccc1)c1cccc2ccccc12. The van der Waals surface area contributed by atoms with Crippen molar-refractivity contribution in [3.05, 3.63) is 72.8 Å². The van der Waals surface area contributed by atoms with Crippen LogP contribution in [0.25, 0.3) is 10.8 Å². The minimum absolute atomic E-state index is 1.08.